The Labute approximate surface area is 213 Å². The molecule has 34 heavy (non-hydrogen) atoms. The summed E-state index contributed by atoms with van der Waals surface area (Å²) >= 11 is 7.49. The zero-order valence-corrected chi connectivity index (χ0v) is 20.7. The lowest BCUT2D eigenvalue weighted by Gasteiger charge is -2.25. The number of nitrogens with zero attached hydrogens (tertiary/aromatic N) is 1. The second kappa shape index (κ2) is 11.2. The third-order valence-electron chi connectivity index (χ3n) is 5.49. The number of rotatable bonds is 5. The van der Waals surface area contributed by atoms with E-state index >= 15 is 0 Å². The van der Waals surface area contributed by atoms with E-state index in [-0.39, 0.29) is 36.1 Å². The van der Waals surface area contributed by atoms with Gasteiger partial charge < -0.3 is 16.0 Å². The highest BCUT2D eigenvalue weighted by molar-refractivity contribution is 7.99. The molecule has 0 saturated heterocycles. The van der Waals surface area contributed by atoms with Gasteiger partial charge in [0.25, 0.3) is 5.91 Å². The van der Waals surface area contributed by atoms with Crippen LogP contribution in [0.1, 0.15) is 34.5 Å². The SMILES string of the molecule is C[C@@H](NC(=O)c1ccc2c(c1)N(Cc1ccc(Cl)cc1)C(=O)[C@@H](N)CS2)c1ccc(F)cc1.Cl. The second-order valence-corrected chi connectivity index (χ2v) is 9.40. The van der Waals surface area contributed by atoms with Crippen LogP contribution in [0.25, 0.3) is 0 Å². The van der Waals surface area contributed by atoms with Crippen LogP contribution in [0.4, 0.5) is 10.1 Å². The van der Waals surface area contributed by atoms with E-state index in [4.69, 9.17) is 17.3 Å². The Kier molecular flexibility index (Phi) is 8.60. The maximum Gasteiger partial charge on any atom is 0.251 e. The number of nitrogens with one attached hydrogen (secondary N) is 1. The zero-order chi connectivity index (χ0) is 23.5. The number of fused-ring (bicyclic) bond motifs is 1. The summed E-state index contributed by atoms with van der Waals surface area (Å²) in [5.41, 5.74) is 8.89. The van der Waals surface area contributed by atoms with Gasteiger partial charge in [-0.05, 0) is 60.5 Å². The first kappa shape index (κ1) is 26.0. The summed E-state index contributed by atoms with van der Waals surface area (Å²) in [7, 11) is 0. The van der Waals surface area contributed by atoms with Crippen molar-refractivity contribution in [1.82, 2.24) is 5.32 Å². The molecule has 0 saturated carbocycles. The van der Waals surface area contributed by atoms with Gasteiger partial charge in [0.05, 0.1) is 24.3 Å². The number of amides is 2. The number of halogens is 3. The lowest BCUT2D eigenvalue weighted by Crippen LogP contribution is -2.44. The monoisotopic (exact) mass is 519 g/mol. The highest BCUT2D eigenvalue weighted by Gasteiger charge is 2.29. The van der Waals surface area contributed by atoms with E-state index in [9.17, 15) is 14.0 Å². The Morgan fingerprint density at radius 1 is 1.18 bits per heavy atom. The number of anilines is 1. The molecule has 0 fully saturated rings. The number of hydrogen-bond donors (Lipinski definition) is 2. The lowest BCUT2D eigenvalue weighted by molar-refractivity contribution is -0.119. The molecule has 3 aromatic rings. The van der Waals surface area contributed by atoms with E-state index < -0.39 is 6.04 Å². The summed E-state index contributed by atoms with van der Waals surface area (Å²) < 4.78 is 13.2. The fraction of sp³-hybridized carbons (Fsp3) is 0.200. The molecule has 1 aliphatic rings. The van der Waals surface area contributed by atoms with Crippen molar-refractivity contribution in [3.8, 4) is 0 Å². The number of thioether (sulfide) groups is 1. The Hall–Kier alpha value is -2.58. The van der Waals surface area contributed by atoms with Gasteiger partial charge in [-0.25, -0.2) is 4.39 Å². The van der Waals surface area contributed by atoms with Crippen LogP contribution in [0.3, 0.4) is 0 Å². The van der Waals surface area contributed by atoms with Crippen LogP contribution in [-0.2, 0) is 11.3 Å². The highest BCUT2D eigenvalue weighted by Crippen LogP contribution is 2.36. The third-order valence-corrected chi connectivity index (χ3v) is 6.92. The van der Waals surface area contributed by atoms with Gasteiger partial charge in [-0.1, -0.05) is 35.9 Å². The molecule has 0 bridgehead atoms. The van der Waals surface area contributed by atoms with Gasteiger partial charge in [-0.2, -0.15) is 0 Å². The molecule has 3 N–H and O–H groups in total. The fourth-order valence-corrected chi connectivity index (χ4v) is 4.72. The molecule has 1 aliphatic heterocycles. The molecule has 5 nitrogen and oxygen atoms in total. The Balaban J connectivity index is 0.00000324. The molecule has 0 unspecified atom stereocenters. The minimum atomic E-state index is -0.648. The maximum atomic E-state index is 13.2. The zero-order valence-electron chi connectivity index (χ0n) is 18.3. The Morgan fingerprint density at radius 2 is 1.85 bits per heavy atom. The van der Waals surface area contributed by atoms with E-state index in [1.54, 1.807) is 41.3 Å². The number of nitrogens with two attached hydrogens (primary N) is 1. The highest BCUT2D eigenvalue weighted by atomic mass is 35.5. The van der Waals surface area contributed by atoms with Crippen LogP contribution >= 0.6 is 35.8 Å². The van der Waals surface area contributed by atoms with Gasteiger partial charge in [-0.15, -0.1) is 24.2 Å². The normalized spacial score (nSPS) is 16.2. The molecule has 2 atom stereocenters. The van der Waals surface area contributed by atoms with Crippen molar-refractivity contribution in [2.75, 3.05) is 10.7 Å². The Morgan fingerprint density at radius 3 is 2.53 bits per heavy atom. The van der Waals surface area contributed by atoms with Gasteiger partial charge in [0.2, 0.25) is 5.91 Å². The van der Waals surface area contributed by atoms with Crippen molar-refractivity contribution in [3.05, 3.63) is 94.3 Å². The van der Waals surface area contributed by atoms with Crippen LogP contribution in [0, 0.1) is 5.82 Å². The minimum Gasteiger partial charge on any atom is -0.346 e. The van der Waals surface area contributed by atoms with Gasteiger partial charge in [-0.3, -0.25) is 9.59 Å². The standard InChI is InChI=1S/C25H23ClFN3O2S.ClH/c1-15(17-4-9-20(27)10-5-17)29-24(31)18-6-11-23-22(12-18)30(25(32)21(28)14-33-23)13-16-2-7-19(26)8-3-16;/h2-12,15,21H,13-14,28H2,1H3,(H,29,31);1H/t15-,21+;/m1./s1. The summed E-state index contributed by atoms with van der Waals surface area (Å²) in [6.07, 6.45) is 0. The lowest BCUT2D eigenvalue weighted by atomic mass is 10.1. The predicted octanol–water partition coefficient (Wildman–Crippen LogP) is 5.36. The van der Waals surface area contributed by atoms with Crippen molar-refractivity contribution in [2.24, 2.45) is 5.73 Å². The molecule has 0 aromatic heterocycles. The quantitative estimate of drug-likeness (QED) is 0.475. The molecule has 3 aromatic carbocycles. The topological polar surface area (TPSA) is 75.4 Å². The molecule has 2 amide bonds. The number of benzene rings is 3. The molecule has 0 radical (unpaired) electrons. The van der Waals surface area contributed by atoms with Gasteiger partial charge in [0.1, 0.15) is 5.82 Å². The summed E-state index contributed by atoms with van der Waals surface area (Å²) in [5.74, 6) is -0.361. The molecule has 178 valence electrons. The van der Waals surface area contributed by atoms with Crippen molar-refractivity contribution >= 4 is 53.3 Å². The molecule has 1 heterocycles. The average Bonchev–Trinajstić information content (AvgIpc) is 2.92. The van der Waals surface area contributed by atoms with Crippen LogP contribution in [0.15, 0.2) is 71.6 Å². The second-order valence-electron chi connectivity index (χ2n) is 7.90. The minimum absolute atomic E-state index is 0. The smallest absolute Gasteiger partial charge is 0.251 e. The summed E-state index contributed by atoms with van der Waals surface area (Å²) in [5, 5.41) is 3.55. The van der Waals surface area contributed by atoms with Gasteiger partial charge in [0, 0.05) is 21.2 Å². The van der Waals surface area contributed by atoms with Crippen LogP contribution in [0.5, 0.6) is 0 Å². The largest absolute Gasteiger partial charge is 0.346 e. The maximum absolute atomic E-state index is 13.2. The van der Waals surface area contributed by atoms with Gasteiger partial charge in [0.15, 0.2) is 0 Å². The first-order valence-electron chi connectivity index (χ1n) is 10.5. The number of hydrogen-bond acceptors (Lipinski definition) is 4. The van der Waals surface area contributed by atoms with Crippen molar-refractivity contribution < 1.29 is 14.0 Å². The summed E-state index contributed by atoms with van der Waals surface area (Å²) in [6, 6.07) is 17.6. The third kappa shape index (κ3) is 5.91. The average molecular weight is 520 g/mol. The summed E-state index contributed by atoms with van der Waals surface area (Å²) in [6.45, 7) is 2.15. The van der Waals surface area contributed by atoms with E-state index in [1.807, 2.05) is 25.1 Å². The first-order chi connectivity index (χ1) is 15.8. The van der Waals surface area contributed by atoms with Crippen molar-refractivity contribution in [2.45, 2.75) is 30.4 Å². The van der Waals surface area contributed by atoms with E-state index in [1.165, 1.54) is 23.9 Å². The molecule has 9 heteroatoms. The van der Waals surface area contributed by atoms with E-state index in [0.717, 1.165) is 16.0 Å². The number of carbonyl (C=O) groups is 2. The Bertz CT molecular complexity index is 1180. The molecule has 4 rings (SSSR count). The van der Waals surface area contributed by atoms with Crippen LogP contribution < -0.4 is 16.0 Å². The first-order valence-corrected chi connectivity index (χ1v) is 11.8. The molecular formula is C25H24Cl2FN3O2S. The summed E-state index contributed by atoms with van der Waals surface area (Å²) in [4.78, 5) is 28.6. The number of carbonyl (C=O) groups excluding carboxylic acids is 2. The van der Waals surface area contributed by atoms with Gasteiger partial charge >= 0.3 is 0 Å². The predicted molar refractivity (Wildman–Crippen MR) is 137 cm³/mol. The van der Waals surface area contributed by atoms with Crippen LogP contribution in [-0.4, -0.2) is 23.6 Å². The molecular weight excluding hydrogens is 496 g/mol. The van der Waals surface area contributed by atoms with Crippen LogP contribution in [0.2, 0.25) is 5.02 Å². The van der Waals surface area contributed by atoms with Crippen molar-refractivity contribution in [3.63, 3.8) is 0 Å². The molecule has 0 aliphatic carbocycles. The van der Waals surface area contributed by atoms with E-state index in [0.29, 0.717) is 28.6 Å². The molecule has 0 spiro atoms. The van der Waals surface area contributed by atoms with Crippen molar-refractivity contribution in [1.29, 1.82) is 0 Å². The fourth-order valence-electron chi connectivity index (χ4n) is 3.61. The van der Waals surface area contributed by atoms with E-state index in [2.05, 4.69) is 5.32 Å².